The van der Waals surface area contributed by atoms with E-state index in [0.29, 0.717) is 20.7 Å². The number of hydrogen-bond acceptors (Lipinski definition) is 1. The molecule has 0 bridgehead atoms. The Kier molecular flexibility index (Phi) is 5.29. The van der Waals surface area contributed by atoms with Gasteiger partial charge in [-0.1, -0.05) is 11.6 Å². The molecule has 0 saturated heterocycles. The maximum atomic E-state index is 12.3. The average Bonchev–Trinajstić information content (AvgIpc) is 2.36. The van der Waals surface area contributed by atoms with Crippen LogP contribution in [0.3, 0.4) is 0 Å². The molecule has 0 unspecified atom stereocenters. The SMILES string of the molecule is Cc1cc(Br)c(NC(=O)c2cc(Cl)ccc2Br)c(Br)c1. The van der Waals surface area contributed by atoms with Gasteiger partial charge in [-0.05, 0) is 90.6 Å². The van der Waals surface area contributed by atoms with Crippen LogP contribution in [0.1, 0.15) is 15.9 Å². The van der Waals surface area contributed by atoms with E-state index < -0.39 is 0 Å². The maximum absolute atomic E-state index is 12.3. The summed E-state index contributed by atoms with van der Waals surface area (Å²) >= 11 is 16.2. The van der Waals surface area contributed by atoms with Crippen LogP contribution in [0.2, 0.25) is 5.02 Å². The summed E-state index contributed by atoms with van der Waals surface area (Å²) in [5.41, 5.74) is 2.26. The molecule has 0 aliphatic rings. The number of anilines is 1. The number of benzene rings is 2. The van der Waals surface area contributed by atoms with E-state index in [-0.39, 0.29) is 5.91 Å². The number of amides is 1. The summed E-state index contributed by atoms with van der Waals surface area (Å²) in [5, 5.41) is 3.38. The Morgan fingerprint density at radius 3 is 2.25 bits per heavy atom. The molecule has 0 aromatic heterocycles. The van der Waals surface area contributed by atoms with Crippen LogP contribution in [0.25, 0.3) is 0 Å². The van der Waals surface area contributed by atoms with Crippen LogP contribution < -0.4 is 5.32 Å². The second kappa shape index (κ2) is 6.60. The average molecular weight is 482 g/mol. The van der Waals surface area contributed by atoms with Crippen LogP contribution in [0, 0.1) is 6.92 Å². The van der Waals surface area contributed by atoms with Crippen molar-refractivity contribution in [2.75, 3.05) is 5.32 Å². The molecule has 1 N–H and O–H groups in total. The van der Waals surface area contributed by atoms with Crippen molar-refractivity contribution >= 4 is 71.0 Å². The van der Waals surface area contributed by atoms with Crippen molar-refractivity contribution in [1.29, 1.82) is 0 Å². The largest absolute Gasteiger partial charge is 0.320 e. The molecule has 0 fully saturated rings. The van der Waals surface area contributed by atoms with Crippen LogP contribution in [0.5, 0.6) is 0 Å². The zero-order valence-electron chi connectivity index (χ0n) is 10.3. The minimum atomic E-state index is -0.232. The van der Waals surface area contributed by atoms with Gasteiger partial charge in [0.05, 0.1) is 11.3 Å². The van der Waals surface area contributed by atoms with Crippen molar-refractivity contribution in [2.45, 2.75) is 6.92 Å². The zero-order chi connectivity index (χ0) is 14.9. The van der Waals surface area contributed by atoms with E-state index in [4.69, 9.17) is 11.6 Å². The van der Waals surface area contributed by atoms with Crippen molar-refractivity contribution in [1.82, 2.24) is 0 Å². The number of carbonyl (C=O) groups is 1. The van der Waals surface area contributed by atoms with Crippen molar-refractivity contribution in [3.63, 3.8) is 0 Å². The van der Waals surface area contributed by atoms with Crippen molar-refractivity contribution in [3.8, 4) is 0 Å². The molecule has 2 aromatic rings. The highest BCUT2D eigenvalue weighted by Gasteiger charge is 2.14. The Labute approximate surface area is 147 Å². The lowest BCUT2D eigenvalue weighted by Crippen LogP contribution is -2.13. The van der Waals surface area contributed by atoms with Gasteiger partial charge in [-0.15, -0.1) is 0 Å². The number of aryl methyl sites for hydroxylation is 1. The van der Waals surface area contributed by atoms with Gasteiger partial charge in [0.15, 0.2) is 0 Å². The van der Waals surface area contributed by atoms with Gasteiger partial charge in [0.1, 0.15) is 0 Å². The first-order valence-corrected chi connectivity index (χ1v) is 8.36. The Balaban J connectivity index is 2.35. The van der Waals surface area contributed by atoms with Gasteiger partial charge in [0.2, 0.25) is 0 Å². The number of hydrogen-bond donors (Lipinski definition) is 1. The van der Waals surface area contributed by atoms with E-state index >= 15 is 0 Å². The smallest absolute Gasteiger partial charge is 0.256 e. The Hall–Kier alpha value is -0.360. The molecule has 0 saturated carbocycles. The fourth-order valence-corrected chi connectivity index (χ4v) is 3.88. The summed E-state index contributed by atoms with van der Waals surface area (Å²) in [7, 11) is 0. The third-order valence-electron chi connectivity index (χ3n) is 2.60. The molecule has 20 heavy (non-hydrogen) atoms. The number of carbonyl (C=O) groups excluding carboxylic acids is 1. The first-order chi connectivity index (χ1) is 9.38. The third kappa shape index (κ3) is 3.64. The van der Waals surface area contributed by atoms with E-state index in [2.05, 4.69) is 53.1 Å². The van der Waals surface area contributed by atoms with Crippen LogP contribution in [-0.4, -0.2) is 5.91 Å². The summed E-state index contributed by atoms with van der Waals surface area (Å²) in [6.07, 6.45) is 0. The highest BCUT2D eigenvalue weighted by Crippen LogP contribution is 2.33. The van der Waals surface area contributed by atoms with Gasteiger partial charge in [-0.25, -0.2) is 0 Å². The maximum Gasteiger partial charge on any atom is 0.256 e. The topological polar surface area (TPSA) is 29.1 Å². The summed E-state index contributed by atoms with van der Waals surface area (Å²) < 4.78 is 2.32. The summed E-state index contributed by atoms with van der Waals surface area (Å²) in [4.78, 5) is 12.3. The van der Waals surface area contributed by atoms with E-state index in [1.807, 2.05) is 19.1 Å². The summed E-state index contributed by atoms with van der Waals surface area (Å²) in [6.45, 7) is 1.98. The monoisotopic (exact) mass is 479 g/mol. The minimum absolute atomic E-state index is 0.232. The van der Waals surface area contributed by atoms with Crippen molar-refractivity contribution < 1.29 is 4.79 Å². The molecule has 2 nitrogen and oxygen atoms in total. The summed E-state index contributed by atoms with van der Waals surface area (Å²) in [6, 6.07) is 8.97. The fraction of sp³-hybridized carbons (Fsp3) is 0.0714. The fourth-order valence-electron chi connectivity index (χ4n) is 1.67. The van der Waals surface area contributed by atoms with Gasteiger partial charge in [-0.3, -0.25) is 4.79 Å². The predicted octanol–water partition coefficient (Wildman–Crippen LogP) is 6.19. The first kappa shape index (κ1) is 16.0. The number of halogens is 4. The van der Waals surface area contributed by atoms with Gasteiger partial charge in [0, 0.05) is 18.4 Å². The quantitative estimate of drug-likeness (QED) is 0.544. The molecule has 1 amide bonds. The molecule has 0 aliphatic heterocycles. The second-order valence-corrected chi connectivity index (χ2v) is 7.18. The van der Waals surface area contributed by atoms with Crippen LogP contribution in [-0.2, 0) is 0 Å². The van der Waals surface area contributed by atoms with Crippen molar-refractivity contribution in [3.05, 3.63) is 59.9 Å². The standard InChI is InChI=1S/C14H9Br3ClNO/c1-7-4-11(16)13(12(17)5-7)19-14(20)9-6-8(18)2-3-10(9)15/h2-6H,1H3,(H,19,20). The van der Waals surface area contributed by atoms with Crippen LogP contribution >= 0.6 is 59.4 Å². The summed E-state index contributed by atoms with van der Waals surface area (Å²) in [5.74, 6) is -0.232. The molecule has 0 spiro atoms. The molecular weight excluding hydrogens is 473 g/mol. The third-order valence-corrected chi connectivity index (χ3v) is 4.78. The molecule has 0 aliphatic carbocycles. The predicted molar refractivity (Wildman–Crippen MR) is 93.7 cm³/mol. The minimum Gasteiger partial charge on any atom is -0.320 e. The molecule has 0 radical (unpaired) electrons. The molecular formula is C14H9Br3ClNO. The Morgan fingerprint density at radius 2 is 1.65 bits per heavy atom. The Morgan fingerprint density at radius 1 is 1.05 bits per heavy atom. The van der Waals surface area contributed by atoms with Crippen LogP contribution in [0.15, 0.2) is 43.7 Å². The molecule has 2 rings (SSSR count). The molecule has 6 heteroatoms. The van der Waals surface area contributed by atoms with E-state index in [1.165, 1.54) is 0 Å². The van der Waals surface area contributed by atoms with Gasteiger partial charge in [0.25, 0.3) is 5.91 Å². The first-order valence-electron chi connectivity index (χ1n) is 5.60. The van der Waals surface area contributed by atoms with Gasteiger partial charge < -0.3 is 5.32 Å². The number of rotatable bonds is 2. The normalized spacial score (nSPS) is 10.4. The highest BCUT2D eigenvalue weighted by molar-refractivity contribution is 9.11. The van der Waals surface area contributed by atoms with E-state index in [9.17, 15) is 4.79 Å². The lowest BCUT2D eigenvalue weighted by Gasteiger charge is -2.12. The lowest BCUT2D eigenvalue weighted by molar-refractivity contribution is 0.102. The molecule has 0 atom stereocenters. The van der Waals surface area contributed by atoms with Crippen molar-refractivity contribution in [2.24, 2.45) is 0 Å². The van der Waals surface area contributed by atoms with E-state index in [1.54, 1.807) is 18.2 Å². The molecule has 2 aromatic carbocycles. The van der Waals surface area contributed by atoms with E-state index in [0.717, 1.165) is 14.5 Å². The lowest BCUT2D eigenvalue weighted by atomic mass is 10.2. The van der Waals surface area contributed by atoms with Gasteiger partial charge >= 0.3 is 0 Å². The highest BCUT2D eigenvalue weighted by atomic mass is 79.9. The molecule has 104 valence electrons. The second-order valence-electron chi connectivity index (χ2n) is 4.18. The zero-order valence-corrected chi connectivity index (χ0v) is 15.8. The Bertz CT molecular complexity index is 665. The number of nitrogens with one attached hydrogen (secondary N) is 1. The van der Waals surface area contributed by atoms with Gasteiger partial charge in [-0.2, -0.15) is 0 Å². The molecule has 0 heterocycles. The van der Waals surface area contributed by atoms with Crippen LogP contribution in [0.4, 0.5) is 5.69 Å².